The first kappa shape index (κ1) is 9.65. The van der Waals surface area contributed by atoms with Crippen molar-refractivity contribution in [2.24, 2.45) is 11.7 Å². The topological polar surface area (TPSA) is 56.7 Å². The van der Waals surface area contributed by atoms with Crippen LogP contribution in [0.4, 0.5) is 0 Å². The molecule has 0 radical (unpaired) electrons. The maximum Gasteiger partial charge on any atom is 0.151 e. The molecule has 0 saturated heterocycles. The predicted octanol–water partition coefficient (Wildman–Crippen LogP) is 0.750. The highest BCUT2D eigenvalue weighted by atomic mass is 15.4. The highest BCUT2D eigenvalue weighted by Crippen LogP contribution is 2.13. The van der Waals surface area contributed by atoms with E-state index in [4.69, 9.17) is 5.73 Å². The van der Waals surface area contributed by atoms with Crippen LogP contribution in [0.3, 0.4) is 0 Å². The van der Waals surface area contributed by atoms with Gasteiger partial charge in [-0.05, 0) is 12.3 Å². The van der Waals surface area contributed by atoms with E-state index in [-0.39, 0.29) is 6.04 Å². The van der Waals surface area contributed by atoms with Gasteiger partial charge in [0.2, 0.25) is 0 Å². The van der Waals surface area contributed by atoms with Gasteiger partial charge in [-0.2, -0.15) is 5.10 Å². The first-order valence-electron chi connectivity index (χ1n) is 5.33. The van der Waals surface area contributed by atoms with Gasteiger partial charge in [0.05, 0.1) is 6.54 Å². The quantitative estimate of drug-likeness (QED) is 0.756. The van der Waals surface area contributed by atoms with E-state index in [0.29, 0.717) is 5.92 Å². The average Bonchev–Trinajstić information content (AvgIpc) is 2.44. The second-order valence-corrected chi connectivity index (χ2v) is 4.52. The van der Waals surface area contributed by atoms with E-state index < -0.39 is 0 Å². The van der Waals surface area contributed by atoms with Crippen molar-refractivity contribution >= 4 is 0 Å². The Morgan fingerprint density at radius 1 is 1.57 bits per heavy atom. The smallest absolute Gasteiger partial charge is 0.151 e. The third-order valence-electron chi connectivity index (χ3n) is 2.53. The molecule has 2 heterocycles. The normalized spacial score (nSPS) is 21.3. The first-order chi connectivity index (χ1) is 6.65. The molecule has 4 heteroatoms. The number of hydrogen-bond donors (Lipinski definition) is 1. The number of rotatable bonds is 2. The maximum absolute atomic E-state index is 5.87. The number of nitrogens with zero attached hydrogens (tertiary/aromatic N) is 3. The molecule has 1 aliphatic rings. The van der Waals surface area contributed by atoms with Gasteiger partial charge in [-0.25, -0.2) is 9.67 Å². The van der Waals surface area contributed by atoms with Crippen molar-refractivity contribution in [1.82, 2.24) is 14.8 Å². The Morgan fingerprint density at radius 3 is 3.07 bits per heavy atom. The Bertz CT molecular complexity index is 316. The summed E-state index contributed by atoms with van der Waals surface area (Å²) in [6, 6.07) is 0.260. The van der Waals surface area contributed by atoms with Gasteiger partial charge in [0.1, 0.15) is 5.82 Å². The molecule has 1 aromatic rings. The Hall–Kier alpha value is -0.900. The fourth-order valence-electron chi connectivity index (χ4n) is 1.84. The highest BCUT2D eigenvalue weighted by molar-refractivity contribution is 4.98. The van der Waals surface area contributed by atoms with Crippen LogP contribution in [0.15, 0.2) is 0 Å². The summed E-state index contributed by atoms with van der Waals surface area (Å²) in [5, 5.41) is 4.47. The van der Waals surface area contributed by atoms with E-state index in [1.54, 1.807) is 0 Å². The summed E-state index contributed by atoms with van der Waals surface area (Å²) < 4.78 is 1.98. The lowest BCUT2D eigenvalue weighted by Crippen LogP contribution is -2.32. The van der Waals surface area contributed by atoms with Crippen LogP contribution >= 0.6 is 0 Å². The van der Waals surface area contributed by atoms with Gasteiger partial charge in [0, 0.05) is 18.9 Å². The standard InChI is InChI=1S/C10H18N4/c1-7(2)5-9-12-10-4-3-8(11)6-14(10)13-9/h7-8H,3-6,11H2,1-2H3. The Kier molecular flexibility index (Phi) is 2.54. The van der Waals surface area contributed by atoms with E-state index in [2.05, 4.69) is 23.9 Å². The molecule has 1 atom stereocenters. The van der Waals surface area contributed by atoms with Crippen molar-refractivity contribution in [3.8, 4) is 0 Å². The minimum atomic E-state index is 0.260. The molecule has 0 aliphatic carbocycles. The van der Waals surface area contributed by atoms with Gasteiger partial charge >= 0.3 is 0 Å². The molecule has 0 saturated carbocycles. The summed E-state index contributed by atoms with van der Waals surface area (Å²) in [7, 11) is 0. The third kappa shape index (κ3) is 1.95. The highest BCUT2D eigenvalue weighted by Gasteiger charge is 2.18. The molecule has 4 nitrogen and oxygen atoms in total. The van der Waals surface area contributed by atoms with Crippen LogP contribution in [-0.2, 0) is 19.4 Å². The zero-order chi connectivity index (χ0) is 10.1. The molecule has 0 aromatic carbocycles. The molecule has 0 spiro atoms. The van der Waals surface area contributed by atoms with E-state index in [1.807, 2.05) is 4.68 Å². The average molecular weight is 194 g/mol. The van der Waals surface area contributed by atoms with Crippen LogP contribution in [-0.4, -0.2) is 20.8 Å². The van der Waals surface area contributed by atoms with Crippen LogP contribution in [0.1, 0.15) is 31.9 Å². The Labute approximate surface area is 84.5 Å². The molecule has 2 rings (SSSR count). The largest absolute Gasteiger partial charge is 0.326 e. The molecule has 1 unspecified atom stereocenters. The van der Waals surface area contributed by atoms with Gasteiger partial charge in [-0.15, -0.1) is 0 Å². The maximum atomic E-state index is 5.87. The van der Waals surface area contributed by atoms with Crippen molar-refractivity contribution in [3.05, 3.63) is 11.6 Å². The minimum absolute atomic E-state index is 0.260. The summed E-state index contributed by atoms with van der Waals surface area (Å²) in [5.74, 6) is 2.71. The summed E-state index contributed by atoms with van der Waals surface area (Å²) in [4.78, 5) is 4.52. The molecule has 0 fully saturated rings. The van der Waals surface area contributed by atoms with Crippen molar-refractivity contribution in [1.29, 1.82) is 0 Å². The van der Waals surface area contributed by atoms with Crippen molar-refractivity contribution < 1.29 is 0 Å². The van der Waals surface area contributed by atoms with Gasteiger partial charge < -0.3 is 5.73 Å². The molecule has 1 aromatic heterocycles. The molecular formula is C10H18N4. The number of aryl methyl sites for hydroxylation is 1. The summed E-state index contributed by atoms with van der Waals surface area (Å²) in [6.45, 7) is 5.21. The monoisotopic (exact) mass is 194 g/mol. The van der Waals surface area contributed by atoms with E-state index in [9.17, 15) is 0 Å². The van der Waals surface area contributed by atoms with Crippen LogP contribution in [0.2, 0.25) is 0 Å². The van der Waals surface area contributed by atoms with Crippen LogP contribution in [0.5, 0.6) is 0 Å². The van der Waals surface area contributed by atoms with Gasteiger partial charge in [0.15, 0.2) is 5.82 Å². The molecule has 14 heavy (non-hydrogen) atoms. The van der Waals surface area contributed by atoms with Crippen LogP contribution in [0.25, 0.3) is 0 Å². The zero-order valence-electron chi connectivity index (χ0n) is 8.90. The number of fused-ring (bicyclic) bond motifs is 1. The Morgan fingerprint density at radius 2 is 2.36 bits per heavy atom. The van der Waals surface area contributed by atoms with Crippen LogP contribution in [0, 0.1) is 5.92 Å². The molecule has 78 valence electrons. The van der Waals surface area contributed by atoms with Crippen molar-refractivity contribution in [2.75, 3.05) is 0 Å². The van der Waals surface area contributed by atoms with Crippen LogP contribution < -0.4 is 5.73 Å². The Balaban J connectivity index is 2.15. The minimum Gasteiger partial charge on any atom is -0.326 e. The second kappa shape index (κ2) is 3.69. The summed E-state index contributed by atoms with van der Waals surface area (Å²) in [5.41, 5.74) is 5.87. The third-order valence-corrected chi connectivity index (χ3v) is 2.53. The van der Waals surface area contributed by atoms with E-state index >= 15 is 0 Å². The fourth-order valence-corrected chi connectivity index (χ4v) is 1.84. The van der Waals surface area contributed by atoms with Gasteiger partial charge in [-0.1, -0.05) is 13.8 Å². The van der Waals surface area contributed by atoms with E-state index in [0.717, 1.165) is 37.5 Å². The summed E-state index contributed by atoms with van der Waals surface area (Å²) >= 11 is 0. The van der Waals surface area contributed by atoms with Gasteiger partial charge in [0.25, 0.3) is 0 Å². The van der Waals surface area contributed by atoms with E-state index in [1.165, 1.54) is 0 Å². The SMILES string of the molecule is CC(C)Cc1nc2n(n1)CC(N)CC2. The number of nitrogens with two attached hydrogens (primary N) is 1. The molecule has 0 amide bonds. The fraction of sp³-hybridized carbons (Fsp3) is 0.800. The zero-order valence-corrected chi connectivity index (χ0v) is 8.90. The molecular weight excluding hydrogens is 176 g/mol. The van der Waals surface area contributed by atoms with Crippen molar-refractivity contribution in [2.45, 2.75) is 45.7 Å². The summed E-state index contributed by atoms with van der Waals surface area (Å²) in [6.07, 6.45) is 2.99. The predicted molar refractivity (Wildman–Crippen MR) is 54.9 cm³/mol. The lowest BCUT2D eigenvalue weighted by Gasteiger charge is -2.17. The lowest BCUT2D eigenvalue weighted by atomic mass is 10.1. The lowest BCUT2D eigenvalue weighted by molar-refractivity contribution is 0.420. The number of hydrogen-bond acceptors (Lipinski definition) is 3. The number of aromatic nitrogens is 3. The molecule has 2 N–H and O–H groups in total. The first-order valence-corrected chi connectivity index (χ1v) is 5.33. The van der Waals surface area contributed by atoms with Gasteiger partial charge in [-0.3, -0.25) is 0 Å². The molecule has 1 aliphatic heterocycles. The second-order valence-electron chi connectivity index (χ2n) is 4.52. The van der Waals surface area contributed by atoms with Crippen molar-refractivity contribution in [3.63, 3.8) is 0 Å². The molecule has 0 bridgehead atoms.